The van der Waals surface area contributed by atoms with Gasteiger partial charge in [-0.3, -0.25) is 5.32 Å². The largest absolute Gasteiger partial charge is 0.497 e. The number of hydrogen-bond donors (Lipinski definition) is 1. The minimum absolute atomic E-state index is 0.327. The fraction of sp³-hybridized carbons (Fsp3) is 0.350. The Kier molecular flexibility index (Phi) is 8.52. The van der Waals surface area contributed by atoms with Crippen molar-refractivity contribution in [1.82, 2.24) is 0 Å². The summed E-state index contributed by atoms with van der Waals surface area (Å²) in [6, 6.07) is 9.87. The number of amides is 1. The van der Waals surface area contributed by atoms with Crippen LogP contribution in [0.2, 0.25) is 5.02 Å². The molecule has 1 N–H and O–H groups in total. The summed E-state index contributed by atoms with van der Waals surface area (Å²) in [6.07, 6.45) is -4.23. The third kappa shape index (κ3) is 7.36. The Bertz CT molecular complexity index is 833. The van der Waals surface area contributed by atoms with Crippen LogP contribution in [-0.2, 0) is 10.9 Å². The van der Waals surface area contributed by atoms with Crippen LogP contribution in [0, 0.1) is 0 Å². The van der Waals surface area contributed by atoms with Crippen molar-refractivity contribution in [3.63, 3.8) is 0 Å². The number of alkyl halides is 3. The number of nitrogens with one attached hydrogen (secondary N) is 1. The molecule has 0 radical (unpaired) electrons. The van der Waals surface area contributed by atoms with E-state index in [1.54, 1.807) is 24.3 Å². The lowest BCUT2D eigenvalue weighted by Gasteiger charge is -2.18. The smallest absolute Gasteiger partial charge is 0.416 e. The quantitative estimate of drug-likeness (QED) is 0.448. The van der Waals surface area contributed by atoms with Crippen LogP contribution in [0.5, 0.6) is 5.75 Å². The molecule has 0 aromatic heterocycles. The molecule has 2 aromatic rings. The van der Waals surface area contributed by atoms with Gasteiger partial charge in [-0.25, -0.2) is 4.79 Å². The predicted molar refractivity (Wildman–Crippen MR) is 109 cm³/mol. The highest BCUT2D eigenvalue weighted by Crippen LogP contribution is 2.32. The second-order valence-electron chi connectivity index (χ2n) is 6.12. The number of carbonyl (C=O) groups is 1. The van der Waals surface area contributed by atoms with Crippen molar-refractivity contribution in [2.24, 2.45) is 0 Å². The summed E-state index contributed by atoms with van der Waals surface area (Å²) in [7, 11) is 1.49. The predicted octanol–water partition coefficient (Wildman–Crippen LogP) is 6.88. The van der Waals surface area contributed by atoms with E-state index in [0.717, 1.165) is 18.6 Å². The Morgan fingerprint density at radius 1 is 1.24 bits per heavy atom. The van der Waals surface area contributed by atoms with Crippen molar-refractivity contribution in [2.75, 3.05) is 18.2 Å². The van der Waals surface area contributed by atoms with E-state index in [1.807, 2.05) is 6.92 Å². The van der Waals surface area contributed by atoms with Crippen molar-refractivity contribution >= 4 is 35.1 Å². The molecule has 0 bridgehead atoms. The summed E-state index contributed by atoms with van der Waals surface area (Å²) in [5, 5.41) is 2.90. The Balaban J connectivity index is 1.98. The van der Waals surface area contributed by atoms with Gasteiger partial charge in [0.1, 0.15) is 11.9 Å². The number of hydrogen-bond acceptors (Lipinski definition) is 4. The molecule has 158 valence electrons. The van der Waals surface area contributed by atoms with Gasteiger partial charge in [0, 0.05) is 16.7 Å². The first kappa shape index (κ1) is 23.2. The number of thioether (sulfide) groups is 1. The molecule has 0 spiro atoms. The summed E-state index contributed by atoms with van der Waals surface area (Å²) < 4.78 is 49.1. The SMILES string of the molecule is CCCC(CSc1cccc(C(F)(F)F)c1)OC(=O)Nc1cc(OC)ccc1Cl. The Morgan fingerprint density at radius 2 is 2.00 bits per heavy atom. The zero-order valence-corrected chi connectivity index (χ0v) is 17.5. The van der Waals surface area contributed by atoms with Crippen LogP contribution < -0.4 is 10.1 Å². The highest BCUT2D eigenvalue weighted by Gasteiger charge is 2.30. The molecular formula is C20H21ClF3NO3S. The Labute approximate surface area is 176 Å². The normalized spacial score (nSPS) is 12.3. The van der Waals surface area contributed by atoms with E-state index in [1.165, 1.54) is 24.9 Å². The van der Waals surface area contributed by atoms with Gasteiger partial charge in [-0.1, -0.05) is 31.0 Å². The third-order valence-electron chi connectivity index (χ3n) is 3.89. The molecule has 1 unspecified atom stereocenters. The van der Waals surface area contributed by atoms with Crippen LogP contribution in [0.25, 0.3) is 0 Å². The zero-order chi connectivity index (χ0) is 21.4. The average Bonchev–Trinajstić information content (AvgIpc) is 2.67. The molecule has 9 heteroatoms. The van der Waals surface area contributed by atoms with Gasteiger partial charge in [0.15, 0.2) is 0 Å². The molecule has 0 aliphatic carbocycles. The van der Waals surface area contributed by atoms with E-state index in [-0.39, 0.29) is 0 Å². The van der Waals surface area contributed by atoms with Crippen LogP contribution in [0.1, 0.15) is 25.3 Å². The summed E-state index contributed by atoms with van der Waals surface area (Å²) in [4.78, 5) is 12.7. The van der Waals surface area contributed by atoms with Crippen LogP contribution in [0.3, 0.4) is 0 Å². The molecule has 0 heterocycles. The van der Waals surface area contributed by atoms with Crippen LogP contribution in [0.4, 0.5) is 23.7 Å². The lowest BCUT2D eigenvalue weighted by atomic mass is 10.2. The first-order valence-electron chi connectivity index (χ1n) is 8.84. The van der Waals surface area contributed by atoms with Gasteiger partial charge >= 0.3 is 12.3 Å². The van der Waals surface area contributed by atoms with Gasteiger partial charge in [0.2, 0.25) is 0 Å². The van der Waals surface area contributed by atoms with Gasteiger partial charge in [-0.15, -0.1) is 11.8 Å². The third-order valence-corrected chi connectivity index (χ3v) is 5.35. The minimum Gasteiger partial charge on any atom is -0.497 e. The fourth-order valence-corrected chi connectivity index (χ4v) is 3.63. The molecule has 0 saturated heterocycles. The number of methoxy groups -OCH3 is 1. The van der Waals surface area contributed by atoms with Crippen molar-refractivity contribution in [1.29, 1.82) is 0 Å². The minimum atomic E-state index is -4.40. The van der Waals surface area contributed by atoms with Gasteiger partial charge < -0.3 is 9.47 Å². The molecule has 1 amide bonds. The molecule has 2 rings (SSSR count). The maximum atomic E-state index is 12.8. The first-order chi connectivity index (χ1) is 13.7. The van der Waals surface area contributed by atoms with Crippen LogP contribution in [0.15, 0.2) is 47.4 Å². The maximum Gasteiger partial charge on any atom is 0.416 e. The van der Waals surface area contributed by atoms with E-state index in [4.69, 9.17) is 21.1 Å². The van der Waals surface area contributed by atoms with Gasteiger partial charge in [-0.05, 0) is 36.8 Å². The van der Waals surface area contributed by atoms with Crippen LogP contribution >= 0.6 is 23.4 Å². The average molecular weight is 448 g/mol. The fourth-order valence-electron chi connectivity index (χ4n) is 2.47. The van der Waals surface area contributed by atoms with E-state index >= 15 is 0 Å². The zero-order valence-electron chi connectivity index (χ0n) is 15.9. The first-order valence-corrected chi connectivity index (χ1v) is 10.2. The molecular weight excluding hydrogens is 427 g/mol. The van der Waals surface area contributed by atoms with Gasteiger partial charge in [-0.2, -0.15) is 13.2 Å². The number of anilines is 1. The van der Waals surface area contributed by atoms with Gasteiger partial charge in [0.25, 0.3) is 0 Å². The highest BCUT2D eigenvalue weighted by molar-refractivity contribution is 7.99. The number of rotatable bonds is 8. The monoisotopic (exact) mass is 447 g/mol. The van der Waals surface area contributed by atoms with E-state index in [0.29, 0.717) is 33.5 Å². The summed E-state index contributed by atoms with van der Waals surface area (Å²) in [5.74, 6) is 0.851. The van der Waals surface area contributed by atoms with Crippen molar-refractivity contribution < 1.29 is 27.4 Å². The second kappa shape index (κ2) is 10.6. The molecule has 4 nitrogen and oxygen atoms in total. The Hall–Kier alpha value is -2.06. The van der Waals surface area contributed by atoms with Gasteiger partial charge in [0.05, 0.1) is 23.4 Å². The van der Waals surface area contributed by atoms with E-state index in [9.17, 15) is 18.0 Å². The highest BCUT2D eigenvalue weighted by atomic mass is 35.5. The number of ether oxygens (including phenoxy) is 2. The van der Waals surface area contributed by atoms with Crippen molar-refractivity contribution in [3.05, 3.63) is 53.1 Å². The van der Waals surface area contributed by atoms with Crippen LogP contribution in [-0.4, -0.2) is 25.1 Å². The molecule has 0 fully saturated rings. The summed E-state index contributed by atoms with van der Waals surface area (Å²) >= 11 is 7.27. The second-order valence-corrected chi connectivity index (χ2v) is 7.62. The lowest BCUT2D eigenvalue weighted by molar-refractivity contribution is -0.137. The standard InChI is InChI=1S/C20H21ClF3NO3S/c1-3-5-15(12-29-16-7-4-6-13(10-16)20(22,23)24)28-19(26)25-18-11-14(27-2)8-9-17(18)21/h4,6-11,15H,3,5,12H2,1-2H3,(H,25,26). The molecule has 0 aliphatic heterocycles. The molecule has 2 aromatic carbocycles. The lowest BCUT2D eigenvalue weighted by Crippen LogP contribution is -2.24. The number of halogens is 4. The number of benzene rings is 2. The Morgan fingerprint density at radius 3 is 2.66 bits per heavy atom. The summed E-state index contributed by atoms with van der Waals surface area (Å²) in [5.41, 5.74) is -0.363. The molecule has 0 saturated carbocycles. The molecule has 0 aliphatic rings. The van der Waals surface area contributed by atoms with E-state index in [2.05, 4.69) is 5.32 Å². The van der Waals surface area contributed by atoms with Crippen molar-refractivity contribution in [2.45, 2.75) is 36.9 Å². The summed E-state index contributed by atoms with van der Waals surface area (Å²) in [6.45, 7) is 1.93. The van der Waals surface area contributed by atoms with E-state index < -0.39 is 23.9 Å². The number of carbonyl (C=O) groups excluding carboxylic acids is 1. The van der Waals surface area contributed by atoms with Crippen molar-refractivity contribution in [3.8, 4) is 5.75 Å². The topological polar surface area (TPSA) is 47.6 Å². The maximum absolute atomic E-state index is 12.8. The molecule has 1 atom stereocenters. The molecule has 29 heavy (non-hydrogen) atoms.